The van der Waals surface area contributed by atoms with Crippen molar-refractivity contribution in [1.29, 1.82) is 0 Å². The van der Waals surface area contributed by atoms with Crippen LogP contribution < -0.4 is 0 Å². The molecule has 5 atom stereocenters. The van der Waals surface area contributed by atoms with Gasteiger partial charge in [0.25, 0.3) is 0 Å². The van der Waals surface area contributed by atoms with Gasteiger partial charge >= 0.3 is 5.97 Å². The molecular formula is C20H28O5. The molecule has 5 heteroatoms. The Kier molecular flexibility index (Phi) is 4.67. The first-order chi connectivity index (χ1) is 11.7. The first kappa shape index (κ1) is 18.3. The van der Waals surface area contributed by atoms with Gasteiger partial charge in [0.1, 0.15) is 5.57 Å². The highest BCUT2D eigenvalue weighted by atomic mass is 16.5. The van der Waals surface area contributed by atoms with E-state index in [2.05, 4.69) is 13.5 Å². The van der Waals surface area contributed by atoms with Crippen molar-refractivity contribution in [1.82, 2.24) is 0 Å². The van der Waals surface area contributed by atoms with Crippen LogP contribution in [0.3, 0.4) is 0 Å². The monoisotopic (exact) mass is 348 g/mol. The van der Waals surface area contributed by atoms with E-state index in [4.69, 9.17) is 4.74 Å². The summed E-state index contributed by atoms with van der Waals surface area (Å²) in [4.78, 5) is 23.5. The van der Waals surface area contributed by atoms with Gasteiger partial charge in [-0.1, -0.05) is 32.1 Å². The zero-order chi connectivity index (χ0) is 18.4. The molecule has 1 aliphatic heterocycles. The molecule has 3 aliphatic rings. The Hall–Kier alpha value is -1.46. The molecule has 5 nitrogen and oxygen atoms in total. The smallest absolute Gasteiger partial charge is 0.342 e. The molecule has 0 radical (unpaired) electrons. The summed E-state index contributed by atoms with van der Waals surface area (Å²) in [6.45, 7) is 8.23. The first-order valence-electron chi connectivity index (χ1n) is 9.11. The SMILES string of the molecule is C=C1CCC2[C@](C)(CO)[C@H](O)CC[C@@]2(C)[C@@H]1C/C=C1/C(=O)COC1=O. The average molecular weight is 348 g/mol. The topological polar surface area (TPSA) is 83.8 Å². The summed E-state index contributed by atoms with van der Waals surface area (Å²) in [6.07, 6.45) is 5.01. The number of fused-ring (bicyclic) bond motifs is 1. The van der Waals surface area contributed by atoms with E-state index in [1.807, 2.05) is 6.92 Å². The van der Waals surface area contributed by atoms with Crippen molar-refractivity contribution in [2.45, 2.75) is 52.1 Å². The molecule has 1 saturated heterocycles. The number of ether oxygens (including phenoxy) is 1. The number of hydrogen-bond acceptors (Lipinski definition) is 5. The predicted molar refractivity (Wildman–Crippen MR) is 92.6 cm³/mol. The highest BCUT2D eigenvalue weighted by Crippen LogP contribution is 2.61. The Labute approximate surface area is 148 Å². The third-order valence-corrected chi connectivity index (χ3v) is 7.11. The molecule has 0 amide bonds. The summed E-state index contributed by atoms with van der Waals surface area (Å²) in [5.41, 5.74) is 0.640. The second kappa shape index (κ2) is 6.36. The van der Waals surface area contributed by atoms with Crippen LogP contribution in [0.4, 0.5) is 0 Å². The lowest BCUT2D eigenvalue weighted by atomic mass is 9.46. The average Bonchev–Trinajstić information content (AvgIpc) is 2.89. The number of ketones is 1. The molecule has 2 N–H and O–H groups in total. The number of aliphatic hydroxyl groups is 2. The van der Waals surface area contributed by atoms with Gasteiger partial charge in [-0.05, 0) is 49.4 Å². The zero-order valence-corrected chi connectivity index (χ0v) is 15.1. The number of esters is 1. The standard InChI is InChI=1S/C20H28O5/c1-12-4-7-16-19(2,9-8-17(23)20(16,3)11-21)14(12)6-5-13-15(22)10-25-18(13)24/h5,14,16-17,21,23H,1,4,6-11H2,2-3H3/b13-5-/t14-,16?,17-,19+,20+/m1/s1. The van der Waals surface area contributed by atoms with Crippen LogP contribution in [0, 0.1) is 22.7 Å². The molecule has 3 fully saturated rings. The Morgan fingerprint density at radius 3 is 2.64 bits per heavy atom. The number of Topliss-reactive ketones (excluding diaryl/α,β-unsaturated/α-hetero) is 1. The van der Waals surface area contributed by atoms with E-state index in [0.29, 0.717) is 12.8 Å². The highest BCUT2D eigenvalue weighted by molar-refractivity contribution is 6.21. The van der Waals surface area contributed by atoms with Crippen LogP contribution in [0.25, 0.3) is 0 Å². The molecule has 0 bridgehead atoms. The minimum atomic E-state index is -0.535. The summed E-state index contributed by atoms with van der Waals surface area (Å²) >= 11 is 0. The van der Waals surface area contributed by atoms with Gasteiger partial charge in [0.05, 0.1) is 12.7 Å². The lowest BCUT2D eigenvalue weighted by Crippen LogP contribution is -2.57. The maximum Gasteiger partial charge on any atom is 0.342 e. The summed E-state index contributed by atoms with van der Waals surface area (Å²) < 4.78 is 4.80. The Morgan fingerprint density at radius 2 is 2.04 bits per heavy atom. The summed E-state index contributed by atoms with van der Waals surface area (Å²) in [7, 11) is 0. The van der Waals surface area contributed by atoms with Crippen LogP contribution in [0.2, 0.25) is 0 Å². The van der Waals surface area contributed by atoms with Crippen molar-refractivity contribution >= 4 is 11.8 Å². The first-order valence-corrected chi connectivity index (χ1v) is 9.11. The molecule has 2 saturated carbocycles. The summed E-state index contributed by atoms with van der Waals surface area (Å²) in [5, 5.41) is 20.5. The van der Waals surface area contributed by atoms with Crippen molar-refractivity contribution in [3.63, 3.8) is 0 Å². The molecule has 1 heterocycles. The quantitative estimate of drug-likeness (QED) is 0.353. The minimum absolute atomic E-state index is 0.0421. The van der Waals surface area contributed by atoms with E-state index in [0.717, 1.165) is 24.8 Å². The van der Waals surface area contributed by atoms with Gasteiger partial charge in [-0.15, -0.1) is 0 Å². The predicted octanol–water partition coefficient (Wildman–Crippen LogP) is 2.17. The lowest BCUT2D eigenvalue weighted by Gasteiger charge is -2.59. The van der Waals surface area contributed by atoms with Crippen LogP contribution in [-0.2, 0) is 14.3 Å². The van der Waals surface area contributed by atoms with Gasteiger partial charge in [-0.25, -0.2) is 4.79 Å². The molecule has 0 spiro atoms. The molecule has 2 aliphatic carbocycles. The van der Waals surface area contributed by atoms with E-state index in [1.54, 1.807) is 6.08 Å². The second-order valence-corrected chi connectivity index (χ2v) is 8.38. The van der Waals surface area contributed by atoms with Crippen molar-refractivity contribution in [2.24, 2.45) is 22.7 Å². The van der Waals surface area contributed by atoms with E-state index < -0.39 is 17.5 Å². The van der Waals surface area contributed by atoms with Gasteiger partial charge in [-0.3, -0.25) is 4.79 Å². The van der Waals surface area contributed by atoms with Gasteiger partial charge in [0.2, 0.25) is 5.78 Å². The third kappa shape index (κ3) is 2.77. The maximum atomic E-state index is 11.8. The van der Waals surface area contributed by atoms with Crippen molar-refractivity contribution in [2.75, 3.05) is 13.2 Å². The van der Waals surface area contributed by atoms with E-state index in [-0.39, 0.29) is 41.8 Å². The summed E-state index contributed by atoms with van der Waals surface area (Å²) in [5.74, 6) is -0.494. The molecule has 3 rings (SSSR count). The molecule has 138 valence electrons. The van der Waals surface area contributed by atoms with Crippen LogP contribution in [0.5, 0.6) is 0 Å². The van der Waals surface area contributed by atoms with Crippen LogP contribution in [-0.4, -0.2) is 41.3 Å². The van der Waals surface area contributed by atoms with Crippen LogP contribution in [0.1, 0.15) is 46.0 Å². The Morgan fingerprint density at radius 1 is 1.32 bits per heavy atom. The Bertz CT molecular complexity index is 618. The zero-order valence-electron chi connectivity index (χ0n) is 15.1. The molecule has 1 unspecified atom stereocenters. The van der Waals surface area contributed by atoms with Crippen molar-refractivity contribution < 1.29 is 24.5 Å². The number of aliphatic hydroxyl groups excluding tert-OH is 2. The number of rotatable bonds is 3. The number of allylic oxidation sites excluding steroid dienone is 2. The number of cyclic esters (lactones) is 1. The van der Waals surface area contributed by atoms with Crippen LogP contribution >= 0.6 is 0 Å². The lowest BCUT2D eigenvalue weighted by molar-refractivity contribution is -0.151. The summed E-state index contributed by atoms with van der Waals surface area (Å²) in [6, 6.07) is 0. The van der Waals surface area contributed by atoms with Gasteiger partial charge in [0.15, 0.2) is 6.61 Å². The maximum absolute atomic E-state index is 11.8. The van der Waals surface area contributed by atoms with Gasteiger partial charge in [0, 0.05) is 5.41 Å². The van der Waals surface area contributed by atoms with E-state index >= 15 is 0 Å². The van der Waals surface area contributed by atoms with Gasteiger partial charge in [-0.2, -0.15) is 0 Å². The number of hydrogen-bond donors (Lipinski definition) is 2. The fourth-order valence-corrected chi connectivity index (χ4v) is 5.47. The third-order valence-electron chi connectivity index (χ3n) is 7.11. The van der Waals surface area contributed by atoms with Crippen LogP contribution in [0.15, 0.2) is 23.8 Å². The Balaban J connectivity index is 1.90. The molecule has 0 aromatic carbocycles. The fraction of sp³-hybridized carbons (Fsp3) is 0.700. The molecule has 25 heavy (non-hydrogen) atoms. The van der Waals surface area contributed by atoms with Crippen molar-refractivity contribution in [3.05, 3.63) is 23.8 Å². The highest BCUT2D eigenvalue weighted by Gasteiger charge is 2.57. The molecular weight excluding hydrogens is 320 g/mol. The fourth-order valence-electron chi connectivity index (χ4n) is 5.47. The number of carbonyl (C=O) groups excluding carboxylic acids is 2. The minimum Gasteiger partial charge on any atom is -0.454 e. The largest absolute Gasteiger partial charge is 0.454 e. The van der Waals surface area contributed by atoms with Crippen molar-refractivity contribution in [3.8, 4) is 0 Å². The molecule has 0 aromatic rings. The normalized spacial score (nSPS) is 43.3. The van der Waals surface area contributed by atoms with E-state index in [9.17, 15) is 19.8 Å². The number of carbonyl (C=O) groups is 2. The second-order valence-electron chi connectivity index (χ2n) is 8.38. The van der Waals surface area contributed by atoms with Gasteiger partial charge < -0.3 is 14.9 Å². The van der Waals surface area contributed by atoms with E-state index in [1.165, 1.54) is 0 Å². The molecule has 0 aromatic heterocycles.